The smallest absolute Gasteiger partial charge is 0.485 e. The molecule has 0 fully saturated rings. The van der Waals surface area contributed by atoms with Crippen LogP contribution in [0.2, 0.25) is 0 Å². The summed E-state index contributed by atoms with van der Waals surface area (Å²) in [4.78, 5) is 0. The Morgan fingerprint density at radius 3 is 0.584 bits per heavy atom. The summed E-state index contributed by atoms with van der Waals surface area (Å²) in [7, 11) is -6.09. The van der Waals surface area contributed by atoms with Crippen molar-refractivity contribution in [1.29, 1.82) is 0 Å². The molecule has 514 valence electrons. The molecule has 0 saturated heterocycles. The van der Waals surface area contributed by atoms with E-state index in [4.69, 9.17) is 13.0 Å². The van der Waals surface area contributed by atoms with Crippen LogP contribution in [0.15, 0.2) is 97.1 Å². The predicted molar refractivity (Wildman–Crippen MR) is 351 cm³/mol. The molecule has 16 heteroatoms. The van der Waals surface area contributed by atoms with Crippen LogP contribution < -0.4 is 42.4 Å². The molecule has 0 radical (unpaired) electrons. The first-order valence-corrected chi connectivity index (χ1v) is 44.6. The summed E-state index contributed by atoms with van der Waals surface area (Å²) < 4.78 is 125. The van der Waals surface area contributed by atoms with Gasteiger partial charge in [0.2, 0.25) is 0 Å². The van der Waals surface area contributed by atoms with Gasteiger partial charge in [0.05, 0.1) is 0 Å². The topological polar surface area (TPSA) is 57.2 Å². The Morgan fingerprint density at radius 2 is 0.438 bits per heavy atom. The normalized spacial score (nSPS) is 12.5. The SMILES string of the molecule is CCCCCCCCCCCCc1ccccc1[I+]c1ccccc1CCCCCCCCCCCC.CCCCCCCCCCCCc1ccccc1[I+]c1ccccc1CCCCCCCCCCCC.F[As-](F)(F)(F)(F)F.O=S(=O)([O-])C(F)(F)F. The summed E-state index contributed by atoms with van der Waals surface area (Å²) in [6.45, 7) is 9.22. The van der Waals surface area contributed by atoms with Gasteiger partial charge in [-0.25, -0.2) is 8.42 Å². The number of aryl methyl sites for hydroxylation is 4. The van der Waals surface area contributed by atoms with E-state index in [1.165, 1.54) is 283 Å². The molecule has 0 saturated carbocycles. The van der Waals surface area contributed by atoms with Gasteiger partial charge in [0.15, 0.2) is 24.4 Å². The standard InChI is InChI=1S/2C36H58I.CHF3O3S.AsF6/c2*1-3-5-7-9-11-13-15-17-19-21-27-33-29-23-25-31-35(33)37-36-32-26-24-30-34(36)28-22-20-18-16-14-12-10-8-6-4-2;2-1(3,4)8(5,6)7;2-1(3,4,5,6)7/h2*23-26,29-32H,3-22,27-28H2,1-2H3;(H,5,6,7);/q2*+1;;-1/p-1. The maximum atomic E-state index is 10.7. The number of rotatable bonds is 48. The van der Waals surface area contributed by atoms with Crippen molar-refractivity contribution < 1.29 is 89.4 Å². The second-order valence-corrected chi connectivity index (χ2v) is 35.3. The summed E-state index contributed by atoms with van der Waals surface area (Å²) in [6, 6.07) is 37.4. The van der Waals surface area contributed by atoms with Crippen LogP contribution in [-0.4, -0.2) is 32.7 Å². The molecule has 0 unspecified atom stereocenters. The van der Waals surface area contributed by atoms with Crippen molar-refractivity contribution in [2.45, 2.75) is 316 Å². The molecule has 0 amide bonds. The number of hydrogen-bond acceptors (Lipinski definition) is 3. The minimum absolute atomic E-state index is 0.0947. The zero-order chi connectivity index (χ0) is 65.9. The van der Waals surface area contributed by atoms with Gasteiger partial charge in [-0.3, -0.25) is 0 Å². The molecule has 0 heterocycles. The minimum Gasteiger partial charge on any atom is -0.741 e. The summed E-state index contributed by atoms with van der Waals surface area (Å²) in [5.74, 6) is 0. The molecule has 4 aromatic carbocycles. The van der Waals surface area contributed by atoms with Gasteiger partial charge in [0, 0.05) is 22.3 Å². The molecule has 0 aliphatic carbocycles. The molecule has 0 atom stereocenters. The van der Waals surface area contributed by atoms with Gasteiger partial charge in [-0.2, -0.15) is 13.2 Å². The van der Waals surface area contributed by atoms with Crippen LogP contribution >= 0.6 is 0 Å². The average molecular weight is 1570 g/mol. The molecule has 4 aromatic rings. The largest absolute Gasteiger partial charge is 0.741 e. The van der Waals surface area contributed by atoms with E-state index in [-0.39, 0.29) is 42.4 Å². The zero-order valence-corrected chi connectivity index (χ0v) is 62.1. The molecule has 0 aliphatic heterocycles. The summed E-state index contributed by atoms with van der Waals surface area (Å²) >= 11 is -11.3. The van der Waals surface area contributed by atoms with E-state index in [0.29, 0.717) is 0 Å². The van der Waals surface area contributed by atoms with Crippen molar-refractivity contribution in [2.24, 2.45) is 0 Å². The molecule has 0 spiro atoms. The molecule has 4 rings (SSSR count). The fraction of sp³-hybridized carbons (Fsp3) is 0.671. The van der Waals surface area contributed by atoms with Crippen LogP contribution in [0.3, 0.4) is 0 Å². The summed E-state index contributed by atoms with van der Waals surface area (Å²) in [5.41, 5.74) is 0.868. The Labute approximate surface area is 558 Å². The second-order valence-electron chi connectivity index (χ2n) is 24.1. The van der Waals surface area contributed by atoms with Crippen LogP contribution in [0.1, 0.15) is 307 Å². The average Bonchev–Trinajstić information content (AvgIpc) is 2.16. The fourth-order valence-electron chi connectivity index (χ4n) is 10.6. The zero-order valence-electron chi connectivity index (χ0n) is 55.1. The molecular formula is C73H116AsF9I2O3S. The van der Waals surface area contributed by atoms with Crippen LogP contribution in [0.4, 0.5) is 34.0 Å². The van der Waals surface area contributed by atoms with Crippen LogP contribution in [0.25, 0.3) is 0 Å². The third-order valence-electron chi connectivity index (χ3n) is 15.7. The Bertz CT molecular complexity index is 2170. The number of unbranched alkanes of at least 4 members (excludes halogenated alkanes) is 36. The Kier molecular flexibility index (Phi) is 48.4. The van der Waals surface area contributed by atoms with Gasteiger partial charge in [-0.15, -0.1) is 0 Å². The van der Waals surface area contributed by atoms with E-state index >= 15 is 0 Å². The first-order valence-electron chi connectivity index (χ1n) is 34.6. The summed E-state index contributed by atoms with van der Waals surface area (Å²) in [6.07, 6.45) is 61.8. The van der Waals surface area contributed by atoms with E-state index < -0.39 is 29.8 Å². The molecule has 89 heavy (non-hydrogen) atoms. The monoisotopic (exact) mass is 1570 g/mol. The van der Waals surface area contributed by atoms with E-state index in [2.05, 4.69) is 125 Å². The number of hydrogen-bond donors (Lipinski definition) is 0. The quantitative estimate of drug-likeness (QED) is 0.0111. The van der Waals surface area contributed by atoms with E-state index in [9.17, 15) is 34.0 Å². The van der Waals surface area contributed by atoms with Gasteiger partial charge in [-0.1, -0.05) is 332 Å². The number of benzene rings is 4. The maximum Gasteiger partial charge on any atom is 0.485 e. The Morgan fingerprint density at radius 1 is 0.303 bits per heavy atom. The first kappa shape index (κ1) is 85.2. The first-order chi connectivity index (χ1) is 42.4. The third kappa shape index (κ3) is 53.2. The van der Waals surface area contributed by atoms with Crippen molar-refractivity contribution >= 4 is 24.3 Å². The minimum atomic E-state index is -11.1. The van der Waals surface area contributed by atoms with Gasteiger partial charge < -0.3 is 4.55 Å². The fourth-order valence-corrected chi connectivity index (χ4v) is 16.6. The van der Waals surface area contributed by atoms with Gasteiger partial charge in [0.25, 0.3) is 0 Å². The van der Waals surface area contributed by atoms with E-state index in [1.54, 1.807) is 36.5 Å². The summed E-state index contributed by atoms with van der Waals surface area (Å²) in [5, 5.41) is 0. The molecule has 0 aromatic heterocycles. The molecule has 0 aliphatic rings. The molecule has 0 bridgehead atoms. The number of alkyl halides is 3. The Balaban J connectivity index is 0.000000721. The molecule has 3 nitrogen and oxygen atoms in total. The van der Waals surface area contributed by atoms with Crippen molar-refractivity contribution in [3.63, 3.8) is 0 Å². The van der Waals surface area contributed by atoms with Crippen molar-refractivity contribution in [1.82, 2.24) is 0 Å². The van der Waals surface area contributed by atoms with Gasteiger partial charge in [0.1, 0.15) is 0 Å². The van der Waals surface area contributed by atoms with E-state index in [0.717, 1.165) is 0 Å². The molecular weight excluding hydrogens is 1460 g/mol. The van der Waals surface area contributed by atoms with Crippen molar-refractivity contribution in [2.75, 3.05) is 0 Å². The van der Waals surface area contributed by atoms with Crippen molar-refractivity contribution in [3.05, 3.63) is 134 Å². The maximum absolute atomic E-state index is 11.1. The molecule has 0 N–H and O–H groups in total. The van der Waals surface area contributed by atoms with Crippen LogP contribution in [0.5, 0.6) is 0 Å². The Hall–Kier alpha value is -1.82. The predicted octanol–water partition coefficient (Wildman–Crippen LogP) is 19.7. The van der Waals surface area contributed by atoms with Crippen LogP contribution in [-0.2, 0) is 35.8 Å². The van der Waals surface area contributed by atoms with E-state index in [1.807, 2.05) is 0 Å². The third-order valence-corrected chi connectivity index (χ3v) is 22.8. The number of halogens is 11. The van der Waals surface area contributed by atoms with Crippen molar-refractivity contribution in [3.8, 4) is 0 Å². The van der Waals surface area contributed by atoms with Gasteiger partial charge in [-0.05, 0) is 75.6 Å². The van der Waals surface area contributed by atoms with Crippen LogP contribution in [0, 0.1) is 14.3 Å². The van der Waals surface area contributed by atoms with Gasteiger partial charge >= 0.3 is 82.9 Å². The second kappa shape index (κ2) is 50.6.